The maximum Gasteiger partial charge on any atom is 0.417 e. The first-order valence-corrected chi connectivity index (χ1v) is 6.90. The highest BCUT2D eigenvalue weighted by molar-refractivity contribution is 6.33. The number of hydrogen-bond donors (Lipinski definition) is 1. The number of pyridine rings is 1. The fraction of sp³-hybridized carbons (Fsp3) is 0.538. The highest BCUT2D eigenvalue weighted by Gasteiger charge is 2.50. The Hall–Kier alpha value is -1.50. The number of carboxylic acids is 1. The molecule has 2 bridgehead atoms. The summed E-state index contributed by atoms with van der Waals surface area (Å²) in [6.07, 6.45) is -1.76. The molecule has 3 rings (SSSR count). The van der Waals surface area contributed by atoms with Gasteiger partial charge < -0.3 is 10.0 Å². The van der Waals surface area contributed by atoms with Crippen LogP contribution in [0.2, 0.25) is 5.02 Å². The maximum atomic E-state index is 12.6. The van der Waals surface area contributed by atoms with Gasteiger partial charge in [0.2, 0.25) is 0 Å². The van der Waals surface area contributed by atoms with Gasteiger partial charge in [-0.2, -0.15) is 13.2 Å². The van der Waals surface area contributed by atoms with Crippen molar-refractivity contribution in [1.82, 2.24) is 4.98 Å². The van der Waals surface area contributed by atoms with Crippen LogP contribution in [0.3, 0.4) is 0 Å². The van der Waals surface area contributed by atoms with E-state index in [9.17, 15) is 23.1 Å². The summed E-state index contributed by atoms with van der Waals surface area (Å²) in [5.41, 5.74) is -0.905. The Labute approximate surface area is 123 Å². The molecule has 114 valence electrons. The van der Waals surface area contributed by atoms with Crippen LogP contribution in [0, 0.1) is 5.92 Å². The van der Waals surface area contributed by atoms with Crippen molar-refractivity contribution in [1.29, 1.82) is 0 Å². The molecular weight excluding hydrogens is 309 g/mol. The number of fused-ring (bicyclic) bond motifs is 2. The first-order chi connectivity index (χ1) is 9.79. The molecule has 8 heteroatoms. The third-order valence-corrected chi connectivity index (χ3v) is 4.53. The second kappa shape index (κ2) is 4.76. The Morgan fingerprint density at radius 3 is 2.67 bits per heavy atom. The average molecular weight is 321 g/mol. The predicted octanol–water partition coefficient (Wildman–Crippen LogP) is 3.20. The van der Waals surface area contributed by atoms with Crippen molar-refractivity contribution in [3.8, 4) is 0 Å². The summed E-state index contributed by atoms with van der Waals surface area (Å²) in [6.45, 7) is 0. The third kappa shape index (κ3) is 2.33. The van der Waals surface area contributed by atoms with E-state index in [1.165, 1.54) is 0 Å². The van der Waals surface area contributed by atoms with Crippen LogP contribution in [0.4, 0.5) is 19.0 Å². The number of hydrogen-bond acceptors (Lipinski definition) is 3. The number of nitrogens with zero attached hydrogens (tertiary/aromatic N) is 2. The minimum Gasteiger partial charge on any atom is -0.481 e. The molecule has 0 saturated carbocycles. The van der Waals surface area contributed by atoms with E-state index < -0.39 is 23.6 Å². The Morgan fingerprint density at radius 1 is 1.43 bits per heavy atom. The monoisotopic (exact) mass is 320 g/mol. The summed E-state index contributed by atoms with van der Waals surface area (Å²) in [5, 5.41) is 9.10. The largest absolute Gasteiger partial charge is 0.481 e. The number of carboxylic acid groups (broad SMARTS) is 1. The fourth-order valence-corrected chi connectivity index (χ4v) is 3.62. The standard InChI is InChI=1S/C13H12ClF3N2O2/c14-9-3-6(13(15,16)17)5-18-11(9)19-7-1-2-10(19)8(4-7)12(20)21/h3,5,7-8,10H,1-2,4H2,(H,20,21). The molecule has 3 unspecified atom stereocenters. The number of rotatable bonds is 2. The third-order valence-electron chi connectivity index (χ3n) is 4.25. The Morgan fingerprint density at radius 2 is 2.14 bits per heavy atom. The lowest BCUT2D eigenvalue weighted by molar-refractivity contribution is -0.142. The number of halogens is 4. The molecule has 1 aromatic heterocycles. The lowest BCUT2D eigenvalue weighted by Gasteiger charge is -2.25. The molecule has 2 aliphatic rings. The van der Waals surface area contributed by atoms with Crippen LogP contribution < -0.4 is 4.90 Å². The van der Waals surface area contributed by atoms with Gasteiger partial charge >= 0.3 is 12.1 Å². The zero-order valence-corrected chi connectivity index (χ0v) is 11.5. The van der Waals surface area contributed by atoms with E-state index in [0.717, 1.165) is 18.7 Å². The van der Waals surface area contributed by atoms with E-state index in [2.05, 4.69) is 4.98 Å². The number of carbonyl (C=O) groups is 1. The number of aliphatic carboxylic acids is 1. The van der Waals surface area contributed by atoms with Gasteiger partial charge in [-0.25, -0.2) is 4.98 Å². The predicted molar refractivity (Wildman–Crippen MR) is 69.3 cm³/mol. The summed E-state index contributed by atoms with van der Waals surface area (Å²) in [5.74, 6) is -1.14. The van der Waals surface area contributed by atoms with Crippen LogP contribution in [0.15, 0.2) is 12.3 Å². The van der Waals surface area contributed by atoms with Gasteiger partial charge in [-0.15, -0.1) is 0 Å². The minimum absolute atomic E-state index is 0.0159. The summed E-state index contributed by atoms with van der Waals surface area (Å²) in [6, 6.07) is 0.587. The SMILES string of the molecule is O=C(O)C1CC2CCC1N2c1ncc(C(F)(F)F)cc1Cl. The van der Waals surface area contributed by atoms with Crippen molar-refractivity contribution in [2.45, 2.75) is 37.5 Å². The molecular formula is C13H12ClF3N2O2. The van der Waals surface area contributed by atoms with Crippen molar-refractivity contribution >= 4 is 23.4 Å². The number of aromatic nitrogens is 1. The van der Waals surface area contributed by atoms with E-state index in [-0.39, 0.29) is 22.9 Å². The minimum atomic E-state index is -4.50. The van der Waals surface area contributed by atoms with Gasteiger partial charge in [0.25, 0.3) is 0 Å². The molecule has 0 radical (unpaired) electrons. The van der Waals surface area contributed by atoms with E-state index >= 15 is 0 Å². The molecule has 21 heavy (non-hydrogen) atoms. The topological polar surface area (TPSA) is 53.4 Å². The van der Waals surface area contributed by atoms with Gasteiger partial charge in [0.1, 0.15) is 5.82 Å². The first-order valence-electron chi connectivity index (χ1n) is 6.53. The summed E-state index contributed by atoms with van der Waals surface area (Å²) < 4.78 is 37.9. The molecule has 2 saturated heterocycles. The highest BCUT2D eigenvalue weighted by Crippen LogP contribution is 2.46. The normalized spacial score (nSPS) is 28.2. The zero-order chi connectivity index (χ0) is 15.4. The van der Waals surface area contributed by atoms with Gasteiger partial charge in [-0.1, -0.05) is 11.6 Å². The molecule has 0 aromatic carbocycles. The zero-order valence-electron chi connectivity index (χ0n) is 10.8. The van der Waals surface area contributed by atoms with E-state index in [4.69, 9.17) is 11.6 Å². The highest BCUT2D eigenvalue weighted by atomic mass is 35.5. The summed E-state index contributed by atoms with van der Waals surface area (Å²) in [4.78, 5) is 16.8. The van der Waals surface area contributed by atoms with Gasteiger partial charge in [0.05, 0.1) is 16.5 Å². The van der Waals surface area contributed by atoms with E-state index in [1.807, 2.05) is 0 Å². The molecule has 3 heterocycles. The smallest absolute Gasteiger partial charge is 0.417 e. The molecule has 1 aromatic rings. The Balaban J connectivity index is 1.93. The molecule has 2 fully saturated rings. The number of alkyl halides is 3. The van der Waals surface area contributed by atoms with Crippen molar-refractivity contribution < 1.29 is 23.1 Å². The second-order valence-electron chi connectivity index (χ2n) is 5.41. The molecule has 0 amide bonds. The van der Waals surface area contributed by atoms with Gasteiger partial charge in [0.15, 0.2) is 0 Å². The molecule has 0 spiro atoms. The van der Waals surface area contributed by atoms with Gasteiger partial charge in [-0.05, 0) is 25.3 Å². The van der Waals surface area contributed by atoms with Crippen LogP contribution in [-0.2, 0) is 11.0 Å². The molecule has 0 aliphatic carbocycles. The van der Waals surface area contributed by atoms with Crippen LogP contribution in [0.1, 0.15) is 24.8 Å². The summed E-state index contributed by atoms with van der Waals surface area (Å²) >= 11 is 5.95. The second-order valence-corrected chi connectivity index (χ2v) is 5.82. The first kappa shape index (κ1) is 14.4. The van der Waals surface area contributed by atoms with Crippen molar-refractivity contribution in [2.75, 3.05) is 4.90 Å². The van der Waals surface area contributed by atoms with Crippen molar-refractivity contribution in [2.24, 2.45) is 5.92 Å². The lowest BCUT2D eigenvalue weighted by atomic mass is 9.89. The van der Waals surface area contributed by atoms with Gasteiger partial charge in [-0.3, -0.25) is 4.79 Å². The van der Waals surface area contributed by atoms with Gasteiger partial charge in [0, 0.05) is 18.3 Å². The van der Waals surface area contributed by atoms with Crippen LogP contribution >= 0.6 is 11.6 Å². The Kier molecular flexibility index (Phi) is 3.27. The average Bonchev–Trinajstić information content (AvgIpc) is 2.95. The molecule has 1 N–H and O–H groups in total. The Bertz CT molecular complexity index is 593. The van der Waals surface area contributed by atoms with Crippen LogP contribution in [0.5, 0.6) is 0 Å². The van der Waals surface area contributed by atoms with E-state index in [1.54, 1.807) is 4.90 Å². The summed E-state index contributed by atoms with van der Waals surface area (Å²) in [7, 11) is 0. The lowest BCUT2D eigenvalue weighted by Crippen LogP contribution is -2.33. The van der Waals surface area contributed by atoms with Crippen LogP contribution in [-0.4, -0.2) is 28.1 Å². The fourth-order valence-electron chi connectivity index (χ4n) is 3.36. The molecule has 3 atom stereocenters. The molecule has 2 aliphatic heterocycles. The van der Waals surface area contributed by atoms with E-state index in [0.29, 0.717) is 12.8 Å². The number of anilines is 1. The van der Waals surface area contributed by atoms with Crippen LogP contribution in [0.25, 0.3) is 0 Å². The maximum absolute atomic E-state index is 12.6. The van der Waals surface area contributed by atoms with Crippen molar-refractivity contribution in [3.05, 3.63) is 22.8 Å². The molecule has 4 nitrogen and oxygen atoms in total. The quantitative estimate of drug-likeness (QED) is 0.909. The van der Waals surface area contributed by atoms with Crippen molar-refractivity contribution in [3.63, 3.8) is 0 Å².